The number of benzene rings is 2. The van der Waals surface area contributed by atoms with Crippen molar-refractivity contribution >= 4 is 28.6 Å². The summed E-state index contributed by atoms with van der Waals surface area (Å²) < 4.78 is 17.0. The Morgan fingerprint density at radius 2 is 1.94 bits per heavy atom. The van der Waals surface area contributed by atoms with Gasteiger partial charge in [-0.15, -0.1) is 0 Å². The molecular weight excluding hydrogens is 417 g/mol. The van der Waals surface area contributed by atoms with E-state index in [4.69, 9.17) is 10.1 Å². The molecule has 0 spiro atoms. The highest BCUT2D eigenvalue weighted by atomic mass is 19.1. The minimum atomic E-state index is -1.06. The van der Waals surface area contributed by atoms with Crippen LogP contribution >= 0.6 is 0 Å². The van der Waals surface area contributed by atoms with Crippen molar-refractivity contribution in [1.82, 2.24) is 9.55 Å². The summed E-state index contributed by atoms with van der Waals surface area (Å²) >= 11 is 0. The highest BCUT2D eigenvalue weighted by Crippen LogP contribution is 2.46. The molecule has 1 heterocycles. The number of rotatable bonds is 6. The summed E-state index contributed by atoms with van der Waals surface area (Å²) in [4.78, 5) is 16.0. The van der Waals surface area contributed by atoms with E-state index in [1.807, 2.05) is 12.1 Å². The highest BCUT2D eigenvalue weighted by Gasteiger charge is 2.35. The molecule has 0 aliphatic heterocycles. The van der Waals surface area contributed by atoms with Gasteiger partial charge >= 0.3 is 5.97 Å². The van der Waals surface area contributed by atoms with Gasteiger partial charge in [0.25, 0.3) is 0 Å². The van der Waals surface area contributed by atoms with E-state index in [1.54, 1.807) is 6.07 Å². The largest absolute Gasteiger partial charge is 0.481 e. The Bertz CT molecular complexity index is 1160. The zero-order valence-electron chi connectivity index (χ0n) is 20.2. The quantitative estimate of drug-likeness (QED) is 0.421. The minimum absolute atomic E-state index is 0.157. The topological polar surface area (TPSA) is 67.2 Å². The number of nitrogens with zero attached hydrogens (tertiary/aromatic N) is 2. The van der Waals surface area contributed by atoms with Crippen LogP contribution in [0.3, 0.4) is 0 Å². The molecule has 0 radical (unpaired) electrons. The summed E-state index contributed by atoms with van der Waals surface area (Å²) in [5, 5.41) is 12.6. The third-order valence-electron chi connectivity index (χ3n) is 6.76. The first-order valence-corrected chi connectivity index (χ1v) is 11.8. The number of nitrogens with one attached hydrogen (secondary N) is 1. The number of fused-ring (bicyclic) bond motifs is 1. The van der Waals surface area contributed by atoms with Crippen molar-refractivity contribution in [2.24, 2.45) is 11.3 Å². The van der Waals surface area contributed by atoms with E-state index in [2.05, 4.69) is 56.6 Å². The van der Waals surface area contributed by atoms with Crippen molar-refractivity contribution in [1.29, 1.82) is 0 Å². The van der Waals surface area contributed by atoms with Gasteiger partial charge in [-0.3, -0.25) is 4.79 Å². The molecule has 3 aromatic rings. The summed E-state index contributed by atoms with van der Waals surface area (Å²) in [5.74, 6) is 0.112. The predicted octanol–water partition coefficient (Wildman–Crippen LogP) is 7.06. The molecule has 1 aromatic heterocycles. The summed E-state index contributed by atoms with van der Waals surface area (Å²) in [6, 6.07) is 11.5. The fourth-order valence-electron chi connectivity index (χ4n) is 5.49. The standard InChI is InChI=1S/C27H34FN3O2/c1-16(2)18-6-8-20(9-7-18)29-26-30-23-11-19(12-25(32)33)22(28)13-24(23)31(26)21-10-17(3)14-27(4,5)15-21/h6-9,11,13,16-17,21H,10,12,14-15H2,1-5H3,(H,29,30)(H,32,33)/t17-,21-/m0/s1. The monoisotopic (exact) mass is 451 g/mol. The van der Waals surface area contributed by atoms with Gasteiger partial charge in [0, 0.05) is 23.4 Å². The van der Waals surface area contributed by atoms with Gasteiger partial charge in [-0.25, -0.2) is 9.37 Å². The van der Waals surface area contributed by atoms with E-state index in [1.165, 1.54) is 11.6 Å². The van der Waals surface area contributed by atoms with Crippen LogP contribution in [0.15, 0.2) is 36.4 Å². The number of hydrogen-bond donors (Lipinski definition) is 2. The molecule has 1 saturated carbocycles. The molecule has 1 aliphatic rings. The van der Waals surface area contributed by atoms with Gasteiger partial charge in [-0.05, 0) is 60.3 Å². The van der Waals surface area contributed by atoms with Gasteiger partial charge in [0.1, 0.15) is 5.82 Å². The lowest BCUT2D eigenvalue weighted by molar-refractivity contribution is -0.136. The van der Waals surface area contributed by atoms with Crippen LogP contribution in [0.2, 0.25) is 0 Å². The number of carboxylic acids is 1. The molecule has 0 bridgehead atoms. The third kappa shape index (κ3) is 5.05. The van der Waals surface area contributed by atoms with Gasteiger partial charge in [0.2, 0.25) is 5.95 Å². The molecular formula is C27H34FN3O2. The smallest absolute Gasteiger partial charge is 0.307 e. The molecule has 1 fully saturated rings. The van der Waals surface area contributed by atoms with Crippen LogP contribution in [0.4, 0.5) is 16.0 Å². The van der Waals surface area contributed by atoms with E-state index in [-0.39, 0.29) is 23.4 Å². The van der Waals surface area contributed by atoms with Crippen molar-refractivity contribution in [2.75, 3.05) is 5.32 Å². The normalized spacial score (nSPS) is 20.3. The van der Waals surface area contributed by atoms with E-state index in [0.717, 1.165) is 24.9 Å². The molecule has 6 heteroatoms. The average Bonchev–Trinajstić information content (AvgIpc) is 3.03. The van der Waals surface area contributed by atoms with Crippen LogP contribution in [-0.4, -0.2) is 20.6 Å². The van der Waals surface area contributed by atoms with Crippen LogP contribution in [0.1, 0.15) is 77.0 Å². The second-order valence-corrected chi connectivity index (χ2v) is 10.8. The maximum atomic E-state index is 14.9. The first-order chi connectivity index (χ1) is 15.5. The number of halogens is 1. The zero-order valence-corrected chi connectivity index (χ0v) is 20.2. The van der Waals surface area contributed by atoms with E-state index >= 15 is 0 Å². The number of anilines is 2. The van der Waals surface area contributed by atoms with Crippen LogP contribution in [0.25, 0.3) is 11.0 Å². The van der Waals surface area contributed by atoms with Crippen molar-refractivity contribution < 1.29 is 14.3 Å². The molecule has 33 heavy (non-hydrogen) atoms. The second-order valence-electron chi connectivity index (χ2n) is 10.8. The fraction of sp³-hybridized carbons (Fsp3) is 0.481. The fourth-order valence-corrected chi connectivity index (χ4v) is 5.49. The first kappa shape index (κ1) is 23.3. The second kappa shape index (κ2) is 8.81. The van der Waals surface area contributed by atoms with Crippen molar-refractivity contribution in [3.05, 3.63) is 53.3 Å². The van der Waals surface area contributed by atoms with Crippen molar-refractivity contribution in [3.8, 4) is 0 Å². The average molecular weight is 452 g/mol. The van der Waals surface area contributed by atoms with Gasteiger partial charge < -0.3 is 15.0 Å². The summed E-state index contributed by atoms with van der Waals surface area (Å²) in [7, 11) is 0. The van der Waals surface area contributed by atoms with Crippen LogP contribution in [-0.2, 0) is 11.2 Å². The third-order valence-corrected chi connectivity index (χ3v) is 6.76. The lowest BCUT2D eigenvalue weighted by atomic mass is 9.70. The number of carbonyl (C=O) groups is 1. The SMILES string of the molecule is CC(C)c1ccc(Nc2nc3cc(CC(=O)O)c(F)cc3n2[C@H]2C[C@H](C)CC(C)(C)C2)cc1. The summed E-state index contributed by atoms with van der Waals surface area (Å²) in [6.07, 6.45) is 2.77. The van der Waals surface area contributed by atoms with E-state index in [9.17, 15) is 9.18 Å². The Balaban J connectivity index is 1.81. The molecule has 4 rings (SSSR count). The number of aliphatic carboxylic acids is 1. The van der Waals surface area contributed by atoms with Gasteiger partial charge in [-0.1, -0.05) is 46.8 Å². The molecule has 0 amide bonds. The van der Waals surface area contributed by atoms with Crippen LogP contribution in [0.5, 0.6) is 0 Å². The Hall–Kier alpha value is -2.89. The molecule has 5 nitrogen and oxygen atoms in total. The minimum Gasteiger partial charge on any atom is -0.481 e. The first-order valence-electron chi connectivity index (χ1n) is 11.8. The number of hydrogen-bond acceptors (Lipinski definition) is 3. The Morgan fingerprint density at radius 3 is 2.55 bits per heavy atom. The molecule has 0 unspecified atom stereocenters. The lowest BCUT2D eigenvalue weighted by Crippen LogP contribution is -2.29. The zero-order chi connectivity index (χ0) is 23.9. The molecule has 2 N–H and O–H groups in total. The highest BCUT2D eigenvalue weighted by molar-refractivity contribution is 5.82. The maximum absolute atomic E-state index is 14.9. The Morgan fingerprint density at radius 1 is 1.24 bits per heavy atom. The van der Waals surface area contributed by atoms with Crippen molar-refractivity contribution in [3.63, 3.8) is 0 Å². The summed E-state index contributed by atoms with van der Waals surface area (Å²) in [5.41, 5.74) is 3.84. The Kier molecular flexibility index (Phi) is 6.21. The van der Waals surface area contributed by atoms with Gasteiger partial charge in [0.15, 0.2) is 0 Å². The molecule has 2 atom stereocenters. The maximum Gasteiger partial charge on any atom is 0.307 e. The molecule has 176 valence electrons. The summed E-state index contributed by atoms with van der Waals surface area (Å²) in [6.45, 7) is 11.2. The predicted molar refractivity (Wildman–Crippen MR) is 131 cm³/mol. The number of carboxylic acid groups (broad SMARTS) is 1. The van der Waals surface area contributed by atoms with Crippen molar-refractivity contribution in [2.45, 2.75) is 72.3 Å². The molecule has 1 aliphatic carbocycles. The van der Waals surface area contributed by atoms with E-state index in [0.29, 0.717) is 28.8 Å². The van der Waals surface area contributed by atoms with E-state index < -0.39 is 11.8 Å². The number of imidazole rings is 1. The molecule has 2 aromatic carbocycles. The van der Waals surface area contributed by atoms with Crippen LogP contribution < -0.4 is 5.32 Å². The Labute approximate surface area is 195 Å². The van der Waals surface area contributed by atoms with Gasteiger partial charge in [0.05, 0.1) is 17.5 Å². The number of aromatic nitrogens is 2. The molecule has 0 saturated heterocycles. The van der Waals surface area contributed by atoms with Crippen LogP contribution in [0, 0.1) is 17.2 Å². The lowest BCUT2D eigenvalue weighted by Gasteiger charge is -2.40. The van der Waals surface area contributed by atoms with Gasteiger partial charge in [-0.2, -0.15) is 0 Å².